The van der Waals surface area contributed by atoms with Gasteiger partial charge in [0.2, 0.25) is 0 Å². The monoisotopic (exact) mass is 237 g/mol. The molecule has 1 rings (SSSR count). The Hall–Kier alpha value is -1.55. The molecule has 0 heterocycles. The third-order valence-corrected chi connectivity index (χ3v) is 2.67. The van der Waals surface area contributed by atoms with Crippen LogP contribution in [0.4, 0.5) is 0 Å². The molecular weight excluding hydrogens is 218 g/mol. The summed E-state index contributed by atoms with van der Waals surface area (Å²) in [7, 11) is 1.31. The first-order chi connectivity index (χ1) is 7.86. The van der Waals surface area contributed by atoms with Gasteiger partial charge in [-0.05, 0) is 44.0 Å². The highest BCUT2D eigenvalue weighted by Crippen LogP contribution is 2.17. The van der Waals surface area contributed by atoms with Crippen molar-refractivity contribution in [1.29, 1.82) is 0 Å². The number of carbonyl (C=O) groups is 1. The second-order valence-corrected chi connectivity index (χ2v) is 4.44. The molecule has 0 radical (unpaired) electrons. The highest BCUT2D eigenvalue weighted by molar-refractivity contribution is 5.80. The Morgan fingerprint density at radius 1 is 1.35 bits per heavy atom. The Balaban J connectivity index is 2.67. The highest BCUT2D eigenvalue weighted by Gasteiger charge is 2.30. The molecule has 1 aromatic rings. The summed E-state index contributed by atoms with van der Waals surface area (Å²) in [6, 6.07) is 5.75. The van der Waals surface area contributed by atoms with E-state index in [-0.39, 0.29) is 6.61 Å². The first-order valence-electron chi connectivity index (χ1n) is 5.44. The molecule has 0 saturated heterocycles. The van der Waals surface area contributed by atoms with Crippen LogP contribution in [-0.2, 0) is 9.53 Å². The quantitative estimate of drug-likeness (QED) is 0.807. The molecule has 0 fully saturated rings. The summed E-state index contributed by atoms with van der Waals surface area (Å²) < 4.78 is 10.1. The number of rotatable bonds is 4. The van der Waals surface area contributed by atoms with Gasteiger partial charge in [0.05, 0.1) is 7.11 Å². The van der Waals surface area contributed by atoms with E-state index in [0.717, 1.165) is 5.56 Å². The molecule has 0 aliphatic heterocycles. The summed E-state index contributed by atoms with van der Waals surface area (Å²) in [6.45, 7) is 5.70. The Morgan fingerprint density at radius 3 is 2.53 bits per heavy atom. The van der Waals surface area contributed by atoms with Crippen molar-refractivity contribution in [3.8, 4) is 5.75 Å². The predicted molar refractivity (Wildman–Crippen MR) is 66.0 cm³/mol. The van der Waals surface area contributed by atoms with Crippen LogP contribution < -0.4 is 10.5 Å². The molecule has 0 aliphatic carbocycles. The van der Waals surface area contributed by atoms with Gasteiger partial charge in [0.15, 0.2) is 0 Å². The number of hydrogen-bond acceptors (Lipinski definition) is 4. The first kappa shape index (κ1) is 13.5. The van der Waals surface area contributed by atoms with Gasteiger partial charge < -0.3 is 15.2 Å². The number of hydrogen-bond donors (Lipinski definition) is 1. The van der Waals surface area contributed by atoms with Crippen LogP contribution in [0.1, 0.15) is 18.1 Å². The molecule has 0 spiro atoms. The number of methoxy groups -OCH3 is 1. The predicted octanol–water partition coefficient (Wildman–Crippen LogP) is 1.57. The van der Waals surface area contributed by atoms with Gasteiger partial charge in [0, 0.05) is 0 Å². The highest BCUT2D eigenvalue weighted by atomic mass is 16.5. The maximum Gasteiger partial charge on any atom is 0.329 e. The third kappa shape index (κ3) is 3.46. The van der Waals surface area contributed by atoms with Gasteiger partial charge >= 0.3 is 5.97 Å². The molecule has 0 aromatic heterocycles. The first-order valence-corrected chi connectivity index (χ1v) is 5.44. The Morgan fingerprint density at radius 2 is 2.00 bits per heavy atom. The Labute approximate surface area is 102 Å². The smallest absolute Gasteiger partial charge is 0.329 e. The summed E-state index contributed by atoms with van der Waals surface area (Å²) in [5, 5.41) is 0. The molecule has 1 atom stereocenters. The Bertz CT molecular complexity index is 413. The lowest BCUT2D eigenvalue weighted by Gasteiger charge is -2.21. The van der Waals surface area contributed by atoms with Crippen molar-refractivity contribution >= 4 is 5.97 Å². The fourth-order valence-corrected chi connectivity index (χ4v) is 1.33. The number of nitrogens with two attached hydrogens (primary N) is 1. The third-order valence-electron chi connectivity index (χ3n) is 2.67. The van der Waals surface area contributed by atoms with Crippen molar-refractivity contribution in [2.45, 2.75) is 26.3 Å². The molecule has 0 bridgehead atoms. The number of benzene rings is 1. The lowest BCUT2D eigenvalue weighted by Crippen LogP contribution is -2.50. The van der Waals surface area contributed by atoms with E-state index in [1.807, 2.05) is 32.0 Å². The van der Waals surface area contributed by atoms with Crippen LogP contribution in [0.2, 0.25) is 0 Å². The SMILES string of the molecule is COC(=O)C(C)(N)COc1ccc(C)c(C)c1. The molecule has 4 nitrogen and oxygen atoms in total. The zero-order valence-electron chi connectivity index (χ0n) is 10.7. The van der Waals surface area contributed by atoms with Crippen LogP contribution in [0.15, 0.2) is 18.2 Å². The summed E-state index contributed by atoms with van der Waals surface area (Å²) in [5.74, 6) is 0.218. The maximum absolute atomic E-state index is 11.3. The largest absolute Gasteiger partial charge is 0.491 e. The van der Waals surface area contributed by atoms with Crippen LogP contribution in [0.25, 0.3) is 0 Å². The van der Waals surface area contributed by atoms with E-state index in [0.29, 0.717) is 5.75 Å². The van der Waals surface area contributed by atoms with E-state index in [1.54, 1.807) is 6.92 Å². The van der Waals surface area contributed by atoms with Gasteiger partial charge in [0.25, 0.3) is 0 Å². The average Bonchev–Trinajstić information content (AvgIpc) is 2.29. The summed E-state index contributed by atoms with van der Waals surface area (Å²) >= 11 is 0. The van der Waals surface area contributed by atoms with E-state index in [4.69, 9.17) is 10.5 Å². The van der Waals surface area contributed by atoms with Gasteiger partial charge in [-0.1, -0.05) is 6.07 Å². The zero-order chi connectivity index (χ0) is 13.1. The molecule has 0 saturated carbocycles. The second kappa shape index (κ2) is 5.19. The Kier molecular flexibility index (Phi) is 4.12. The molecule has 4 heteroatoms. The van der Waals surface area contributed by atoms with Crippen LogP contribution in [-0.4, -0.2) is 25.2 Å². The topological polar surface area (TPSA) is 61.5 Å². The summed E-state index contributed by atoms with van der Waals surface area (Å²) in [4.78, 5) is 11.3. The standard InChI is InChI=1S/C13H19NO3/c1-9-5-6-11(7-10(9)2)17-8-13(3,14)12(15)16-4/h5-7H,8,14H2,1-4H3. The van der Waals surface area contributed by atoms with Crippen molar-refractivity contribution in [3.63, 3.8) is 0 Å². The van der Waals surface area contributed by atoms with Crippen LogP contribution >= 0.6 is 0 Å². The van der Waals surface area contributed by atoms with Gasteiger partial charge in [-0.2, -0.15) is 0 Å². The van der Waals surface area contributed by atoms with E-state index in [9.17, 15) is 4.79 Å². The van der Waals surface area contributed by atoms with E-state index >= 15 is 0 Å². The molecule has 0 amide bonds. The van der Waals surface area contributed by atoms with Gasteiger partial charge in [-0.25, -0.2) is 4.79 Å². The van der Waals surface area contributed by atoms with Gasteiger partial charge in [0.1, 0.15) is 17.9 Å². The minimum atomic E-state index is -1.13. The molecule has 1 unspecified atom stereocenters. The van der Waals surface area contributed by atoms with Crippen LogP contribution in [0, 0.1) is 13.8 Å². The van der Waals surface area contributed by atoms with Gasteiger partial charge in [-0.3, -0.25) is 0 Å². The normalized spacial score (nSPS) is 13.9. The minimum absolute atomic E-state index is 0.0855. The lowest BCUT2D eigenvalue weighted by molar-refractivity contribution is -0.147. The van der Waals surface area contributed by atoms with Crippen molar-refractivity contribution < 1.29 is 14.3 Å². The minimum Gasteiger partial charge on any atom is -0.491 e. The van der Waals surface area contributed by atoms with E-state index in [2.05, 4.69) is 4.74 Å². The molecule has 1 aromatic carbocycles. The number of ether oxygens (including phenoxy) is 2. The van der Waals surface area contributed by atoms with Crippen LogP contribution in [0.3, 0.4) is 0 Å². The second-order valence-electron chi connectivity index (χ2n) is 4.44. The summed E-state index contributed by atoms with van der Waals surface area (Å²) in [5.41, 5.74) is 6.99. The number of carbonyl (C=O) groups excluding carboxylic acids is 1. The van der Waals surface area contributed by atoms with Crippen molar-refractivity contribution in [3.05, 3.63) is 29.3 Å². The van der Waals surface area contributed by atoms with Gasteiger partial charge in [-0.15, -0.1) is 0 Å². The summed E-state index contributed by atoms with van der Waals surface area (Å²) in [6.07, 6.45) is 0. The maximum atomic E-state index is 11.3. The van der Waals surface area contributed by atoms with E-state index in [1.165, 1.54) is 12.7 Å². The molecule has 2 N–H and O–H groups in total. The lowest BCUT2D eigenvalue weighted by atomic mass is 10.1. The molecule has 94 valence electrons. The molecule has 0 aliphatic rings. The van der Waals surface area contributed by atoms with E-state index < -0.39 is 11.5 Å². The number of aryl methyl sites for hydroxylation is 2. The van der Waals surface area contributed by atoms with Crippen LogP contribution in [0.5, 0.6) is 5.75 Å². The number of esters is 1. The average molecular weight is 237 g/mol. The zero-order valence-corrected chi connectivity index (χ0v) is 10.7. The van der Waals surface area contributed by atoms with Crippen molar-refractivity contribution in [2.75, 3.05) is 13.7 Å². The molecular formula is C13H19NO3. The van der Waals surface area contributed by atoms with Crippen molar-refractivity contribution in [2.24, 2.45) is 5.73 Å². The fraction of sp³-hybridized carbons (Fsp3) is 0.462. The molecule has 17 heavy (non-hydrogen) atoms. The fourth-order valence-electron chi connectivity index (χ4n) is 1.33. The van der Waals surface area contributed by atoms with Crippen molar-refractivity contribution in [1.82, 2.24) is 0 Å².